The lowest BCUT2D eigenvalue weighted by molar-refractivity contribution is -0.142. The molecule has 0 aromatic heterocycles. The van der Waals surface area contributed by atoms with Crippen molar-refractivity contribution in [3.05, 3.63) is 29.6 Å². The molecule has 1 heterocycles. The average Bonchev–Trinajstić information content (AvgIpc) is 2.49. The van der Waals surface area contributed by atoms with Crippen LogP contribution in [0.25, 0.3) is 0 Å². The van der Waals surface area contributed by atoms with Crippen molar-refractivity contribution in [3.8, 4) is 5.75 Å². The molecule has 1 aliphatic rings. The minimum Gasteiger partial charge on any atom is -0.478 e. The molecule has 1 aromatic carbocycles. The summed E-state index contributed by atoms with van der Waals surface area (Å²) in [6.45, 7) is 3.23. The van der Waals surface area contributed by atoms with Gasteiger partial charge in [-0.2, -0.15) is 0 Å². The van der Waals surface area contributed by atoms with Crippen LogP contribution >= 0.6 is 0 Å². The molecule has 114 valence electrons. The first-order valence-corrected chi connectivity index (χ1v) is 6.55. The molecule has 1 amide bonds. The highest BCUT2D eigenvalue weighted by Crippen LogP contribution is 2.24. The highest BCUT2D eigenvalue weighted by molar-refractivity contribution is 5.91. The fourth-order valence-corrected chi connectivity index (χ4v) is 2.07. The van der Waals surface area contributed by atoms with Crippen LogP contribution < -0.4 is 4.74 Å². The molecule has 0 spiro atoms. The van der Waals surface area contributed by atoms with E-state index in [1.54, 1.807) is 4.90 Å². The summed E-state index contributed by atoms with van der Waals surface area (Å²) >= 11 is 0. The normalized spacial score (nSPS) is 16.4. The summed E-state index contributed by atoms with van der Waals surface area (Å²) in [5, 5.41) is 9.03. The SMILES string of the molecule is CC(Oc1c(F)cccc1C(=O)O)C(=O)N1CCOCC1. The van der Waals surface area contributed by atoms with Crippen LogP contribution in [0.3, 0.4) is 0 Å². The van der Waals surface area contributed by atoms with Gasteiger partial charge in [0, 0.05) is 13.1 Å². The van der Waals surface area contributed by atoms with Gasteiger partial charge in [-0.05, 0) is 19.1 Å². The van der Waals surface area contributed by atoms with Crippen molar-refractivity contribution in [3.63, 3.8) is 0 Å². The van der Waals surface area contributed by atoms with Gasteiger partial charge in [-0.15, -0.1) is 0 Å². The lowest BCUT2D eigenvalue weighted by Gasteiger charge is -2.29. The Bertz CT molecular complexity index is 542. The zero-order chi connectivity index (χ0) is 15.4. The van der Waals surface area contributed by atoms with E-state index in [1.165, 1.54) is 19.1 Å². The summed E-state index contributed by atoms with van der Waals surface area (Å²) < 4.78 is 24.2. The number of nitrogens with zero attached hydrogens (tertiary/aromatic N) is 1. The van der Waals surface area contributed by atoms with Gasteiger partial charge < -0.3 is 19.5 Å². The number of benzene rings is 1. The van der Waals surface area contributed by atoms with Gasteiger partial charge in [-0.25, -0.2) is 9.18 Å². The molecule has 0 radical (unpaired) electrons. The quantitative estimate of drug-likeness (QED) is 0.902. The van der Waals surface area contributed by atoms with Crippen molar-refractivity contribution < 1.29 is 28.6 Å². The molecule has 6 nitrogen and oxygen atoms in total. The second-order valence-electron chi connectivity index (χ2n) is 4.62. The Kier molecular flexibility index (Phi) is 4.74. The van der Waals surface area contributed by atoms with Gasteiger partial charge in [-0.1, -0.05) is 6.07 Å². The van der Waals surface area contributed by atoms with Crippen LogP contribution in [-0.4, -0.2) is 54.3 Å². The molecule has 0 bridgehead atoms. The Morgan fingerprint density at radius 2 is 2.05 bits per heavy atom. The predicted molar refractivity (Wildman–Crippen MR) is 70.8 cm³/mol. The van der Waals surface area contributed by atoms with Crippen molar-refractivity contribution in [2.24, 2.45) is 0 Å². The van der Waals surface area contributed by atoms with E-state index in [0.717, 1.165) is 6.07 Å². The molecule has 1 aromatic rings. The molecule has 21 heavy (non-hydrogen) atoms. The van der Waals surface area contributed by atoms with E-state index < -0.39 is 23.6 Å². The Labute approximate surface area is 121 Å². The summed E-state index contributed by atoms with van der Waals surface area (Å²) in [5.41, 5.74) is -0.309. The first-order valence-electron chi connectivity index (χ1n) is 6.55. The summed E-state index contributed by atoms with van der Waals surface area (Å²) in [7, 11) is 0. The maximum atomic E-state index is 13.7. The van der Waals surface area contributed by atoms with Crippen molar-refractivity contribution in [2.75, 3.05) is 26.3 Å². The largest absolute Gasteiger partial charge is 0.478 e. The number of rotatable bonds is 4. The van der Waals surface area contributed by atoms with Gasteiger partial charge in [0.25, 0.3) is 5.91 Å². The van der Waals surface area contributed by atoms with Gasteiger partial charge in [0.1, 0.15) is 5.56 Å². The maximum Gasteiger partial charge on any atom is 0.339 e. The summed E-state index contributed by atoms with van der Waals surface area (Å²) in [4.78, 5) is 24.8. The fourth-order valence-electron chi connectivity index (χ4n) is 2.07. The smallest absolute Gasteiger partial charge is 0.339 e. The number of para-hydroxylation sites is 1. The van der Waals surface area contributed by atoms with Crippen LogP contribution in [0.4, 0.5) is 4.39 Å². The van der Waals surface area contributed by atoms with E-state index in [4.69, 9.17) is 14.6 Å². The molecule has 1 fully saturated rings. The lowest BCUT2D eigenvalue weighted by atomic mass is 10.2. The number of amides is 1. The fraction of sp³-hybridized carbons (Fsp3) is 0.429. The number of carboxylic acid groups (broad SMARTS) is 1. The van der Waals surface area contributed by atoms with Gasteiger partial charge >= 0.3 is 5.97 Å². The minimum atomic E-state index is -1.31. The van der Waals surface area contributed by atoms with Gasteiger partial charge in [0.05, 0.1) is 13.2 Å². The third kappa shape index (κ3) is 3.49. The van der Waals surface area contributed by atoms with E-state index in [9.17, 15) is 14.0 Å². The summed E-state index contributed by atoms with van der Waals surface area (Å²) in [6, 6.07) is 3.60. The second kappa shape index (κ2) is 6.53. The third-order valence-corrected chi connectivity index (χ3v) is 3.16. The molecule has 1 saturated heterocycles. The lowest BCUT2D eigenvalue weighted by Crippen LogP contribution is -2.46. The van der Waals surface area contributed by atoms with Crippen LogP contribution in [0.2, 0.25) is 0 Å². The number of hydrogen-bond donors (Lipinski definition) is 1. The minimum absolute atomic E-state index is 0.309. The van der Waals surface area contributed by atoms with E-state index in [-0.39, 0.29) is 11.5 Å². The Morgan fingerprint density at radius 1 is 1.38 bits per heavy atom. The van der Waals surface area contributed by atoms with E-state index in [0.29, 0.717) is 26.3 Å². The summed E-state index contributed by atoms with van der Waals surface area (Å²) in [6.07, 6.45) is -0.974. The average molecular weight is 297 g/mol. The van der Waals surface area contributed by atoms with Crippen molar-refractivity contribution in [2.45, 2.75) is 13.0 Å². The second-order valence-corrected chi connectivity index (χ2v) is 4.62. The molecule has 1 N–H and O–H groups in total. The highest BCUT2D eigenvalue weighted by Gasteiger charge is 2.26. The van der Waals surface area contributed by atoms with Crippen LogP contribution in [0, 0.1) is 5.82 Å². The number of carboxylic acids is 1. The first kappa shape index (κ1) is 15.2. The zero-order valence-electron chi connectivity index (χ0n) is 11.5. The van der Waals surface area contributed by atoms with Crippen molar-refractivity contribution in [1.82, 2.24) is 4.90 Å². The molecular formula is C14H16FNO5. The monoisotopic (exact) mass is 297 g/mol. The number of carbonyl (C=O) groups excluding carboxylic acids is 1. The standard InChI is InChI=1S/C14H16FNO5/c1-9(13(17)16-5-7-20-8-6-16)21-12-10(14(18)19)3-2-4-11(12)15/h2-4,9H,5-8H2,1H3,(H,18,19). The molecule has 1 unspecified atom stereocenters. The van der Waals surface area contributed by atoms with Crippen molar-refractivity contribution >= 4 is 11.9 Å². The van der Waals surface area contributed by atoms with E-state index in [2.05, 4.69) is 0 Å². The zero-order valence-corrected chi connectivity index (χ0v) is 11.5. The van der Waals surface area contributed by atoms with E-state index in [1.807, 2.05) is 0 Å². The Balaban J connectivity index is 2.13. The molecular weight excluding hydrogens is 281 g/mol. The van der Waals surface area contributed by atoms with Gasteiger partial charge in [-0.3, -0.25) is 4.79 Å². The van der Waals surface area contributed by atoms with Crippen LogP contribution in [0.1, 0.15) is 17.3 Å². The maximum absolute atomic E-state index is 13.7. The number of ether oxygens (including phenoxy) is 2. The molecule has 0 aliphatic carbocycles. The van der Waals surface area contributed by atoms with Crippen molar-refractivity contribution in [1.29, 1.82) is 0 Å². The number of hydrogen-bond acceptors (Lipinski definition) is 4. The molecule has 1 atom stereocenters. The van der Waals surface area contributed by atoms with Gasteiger partial charge in [0.15, 0.2) is 17.7 Å². The molecule has 2 rings (SSSR count). The Morgan fingerprint density at radius 3 is 2.67 bits per heavy atom. The molecule has 1 aliphatic heterocycles. The number of carbonyl (C=O) groups is 2. The molecule has 7 heteroatoms. The van der Waals surface area contributed by atoms with Crippen LogP contribution in [-0.2, 0) is 9.53 Å². The Hall–Kier alpha value is -2.15. The number of aromatic carboxylic acids is 1. The topological polar surface area (TPSA) is 76.1 Å². The highest BCUT2D eigenvalue weighted by atomic mass is 19.1. The number of halogens is 1. The number of morpholine rings is 1. The van der Waals surface area contributed by atoms with E-state index >= 15 is 0 Å². The van der Waals surface area contributed by atoms with Gasteiger partial charge in [0.2, 0.25) is 0 Å². The molecule has 0 saturated carbocycles. The van der Waals surface area contributed by atoms with Crippen LogP contribution in [0.15, 0.2) is 18.2 Å². The summed E-state index contributed by atoms with van der Waals surface area (Å²) in [5.74, 6) is -2.86. The van der Waals surface area contributed by atoms with Crippen LogP contribution in [0.5, 0.6) is 5.75 Å². The predicted octanol–water partition coefficient (Wildman–Crippen LogP) is 1.15. The first-order chi connectivity index (χ1) is 10.0. The third-order valence-electron chi connectivity index (χ3n) is 3.16.